The summed E-state index contributed by atoms with van der Waals surface area (Å²) in [4.78, 5) is 71.6. The number of esters is 2. The van der Waals surface area contributed by atoms with Gasteiger partial charge < -0.3 is 52.8 Å². The highest BCUT2D eigenvalue weighted by Crippen LogP contribution is 2.51. The van der Waals surface area contributed by atoms with Gasteiger partial charge in [-0.15, -0.1) is 0 Å². The normalized spacial score (nSPS) is 15.7. The molecule has 3 aliphatic rings. The lowest BCUT2D eigenvalue weighted by atomic mass is 9.88. The van der Waals surface area contributed by atoms with Gasteiger partial charge in [-0.1, -0.05) is 79.2 Å². The van der Waals surface area contributed by atoms with Crippen molar-refractivity contribution in [2.75, 3.05) is 78.8 Å². The van der Waals surface area contributed by atoms with E-state index >= 15 is 0 Å². The Balaban J connectivity index is 0.000000135. The molecule has 3 saturated heterocycles. The number of aromatic hydroxyl groups is 3. The standard InChI is InChI=1S/C28H29N3O5.C26H26N2O5.C25H24N2O4/c1-4-35-28(34)22-17(2)36-27-21-8-6-5-7-20(21)26(33)24(23(22)27)25(19-9-11-29-12-10-19)31-15-13-30(14-16-31)18(3)32;1-3-32-26(30)20-16(2)33-25-19-7-5-4-6-18(19)24(29)22(21(20)25)23(17-8-10-27-11-9-17)28-12-14-31-15-13-28;1-15-19(25(29)30)20-21(23(28)17-7-3-4-8-18(17)24(20)31-15)22(16-9-11-26-12-10-16)27-13-5-2-6-14-27/h5-12,25,33H,4,13-16H2,1-3H3;4-11,23,29H,3,12-15H2,1-2H3;3-4,7-12,22,28H,2,5-6,13-14H2,1H3,(H,29,30). The predicted octanol–water partition coefficient (Wildman–Crippen LogP) is 14.3. The zero-order valence-corrected chi connectivity index (χ0v) is 56.7. The molecule has 0 bridgehead atoms. The van der Waals surface area contributed by atoms with E-state index in [1.807, 2.05) is 114 Å². The third-order valence-corrected chi connectivity index (χ3v) is 19.5. The number of carboxylic acids is 1. The fourth-order valence-electron chi connectivity index (χ4n) is 15.0. The summed E-state index contributed by atoms with van der Waals surface area (Å²) in [5, 5.41) is 50.9. The van der Waals surface area contributed by atoms with Crippen molar-refractivity contribution in [1.29, 1.82) is 0 Å². The lowest BCUT2D eigenvalue weighted by Crippen LogP contribution is -2.49. The number of benzene rings is 6. The van der Waals surface area contributed by atoms with Crippen molar-refractivity contribution in [3.05, 3.63) is 214 Å². The molecule has 1 amide bonds. The van der Waals surface area contributed by atoms with E-state index in [1.165, 1.54) is 6.42 Å². The van der Waals surface area contributed by atoms with Crippen LogP contribution in [0.4, 0.5) is 0 Å². The number of hydrogen-bond acceptors (Lipinski definition) is 19. The molecule has 9 heterocycles. The lowest BCUT2D eigenvalue weighted by Gasteiger charge is -2.40. The van der Waals surface area contributed by atoms with Crippen molar-refractivity contribution < 1.29 is 67.1 Å². The van der Waals surface area contributed by atoms with Crippen LogP contribution >= 0.6 is 0 Å². The minimum atomic E-state index is -1.06. The zero-order valence-electron chi connectivity index (χ0n) is 56.7. The van der Waals surface area contributed by atoms with Gasteiger partial charge in [0, 0.05) is 149 Å². The average Bonchev–Trinajstić information content (AvgIpc) is 1.50. The average molecular weight is 1350 g/mol. The SMILES string of the molecule is CCOC(=O)c1c(C)oc2c1c(C(c1ccncc1)N1CCN(C(C)=O)CC1)c(O)c1ccccc12.CCOC(=O)c1c(C)oc2c1c(C(c1ccncc1)N1CCOCC1)c(O)c1ccccc12.Cc1oc2c(c1C(=O)O)c(C(c1ccncc1)N1CCCCC1)c(O)c1ccccc12. The van der Waals surface area contributed by atoms with Gasteiger partial charge in [-0.2, -0.15) is 0 Å². The van der Waals surface area contributed by atoms with Gasteiger partial charge in [0.05, 0.1) is 44.6 Å². The molecule has 6 aromatic carbocycles. The van der Waals surface area contributed by atoms with Crippen molar-refractivity contribution in [2.45, 2.75) is 78.9 Å². The number of hydrogen-bond donors (Lipinski definition) is 4. The molecule has 0 saturated carbocycles. The fourth-order valence-corrected chi connectivity index (χ4v) is 15.0. The third-order valence-electron chi connectivity index (χ3n) is 19.5. The summed E-state index contributed by atoms with van der Waals surface area (Å²) < 4.78 is 34.8. The maximum absolute atomic E-state index is 13.2. The van der Waals surface area contributed by atoms with Gasteiger partial charge in [-0.25, -0.2) is 14.4 Å². The Hall–Kier alpha value is -10.7. The molecule has 3 atom stereocenters. The number of phenolic OH excluding ortho intramolecular Hbond substituents is 3. The molecule has 6 aromatic heterocycles. The smallest absolute Gasteiger partial charge is 0.342 e. The van der Waals surface area contributed by atoms with E-state index in [9.17, 15) is 39.6 Å². The highest BCUT2D eigenvalue weighted by molar-refractivity contribution is 6.19. The Morgan fingerprint density at radius 2 is 0.760 bits per heavy atom. The van der Waals surface area contributed by atoms with Crippen LogP contribution in [0.3, 0.4) is 0 Å². The minimum Gasteiger partial charge on any atom is -0.507 e. The lowest BCUT2D eigenvalue weighted by molar-refractivity contribution is -0.130. The van der Waals surface area contributed by atoms with Crippen molar-refractivity contribution in [1.82, 2.24) is 34.6 Å². The second kappa shape index (κ2) is 29.4. The quantitative estimate of drug-likeness (QED) is 0.0737. The second-order valence-corrected chi connectivity index (χ2v) is 25.2. The van der Waals surface area contributed by atoms with E-state index in [0.717, 1.165) is 53.4 Å². The molecule has 3 aliphatic heterocycles. The maximum Gasteiger partial charge on any atom is 0.342 e. The number of phenols is 3. The molecule has 21 heteroatoms. The van der Waals surface area contributed by atoms with E-state index < -0.39 is 23.9 Å². The summed E-state index contributed by atoms with van der Waals surface area (Å²) in [6, 6.07) is 33.0. The molecular formula is C79H79N7O14. The molecule has 0 radical (unpaired) electrons. The van der Waals surface area contributed by atoms with Crippen LogP contribution in [0.15, 0.2) is 160 Å². The highest BCUT2D eigenvalue weighted by atomic mass is 16.5. The first-order valence-electron chi connectivity index (χ1n) is 33.9. The number of piperidine rings is 1. The molecule has 3 fully saturated rings. The van der Waals surface area contributed by atoms with Crippen LogP contribution in [-0.2, 0) is 19.0 Å². The monoisotopic (exact) mass is 1350 g/mol. The van der Waals surface area contributed by atoms with Crippen LogP contribution in [-0.4, -0.2) is 158 Å². The Morgan fingerprint density at radius 3 is 1.10 bits per heavy atom. The topological polar surface area (TPSA) is 268 Å². The van der Waals surface area contributed by atoms with Crippen LogP contribution in [0.5, 0.6) is 17.2 Å². The first kappa shape index (κ1) is 67.8. The number of amides is 1. The van der Waals surface area contributed by atoms with Gasteiger partial charge in [0.15, 0.2) is 0 Å². The molecule has 0 aliphatic carbocycles. The number of carbonyl (C=O) groups is 4. The second-order valence-electron chi connectivity index (χ2n) is 25.2. The van der Waals surface area contributed by atoms with Crippen molar-refractivity contribution in [2.24, 2.45) is 0 Å². The van der Waals surface area contributed by atoms with Crippen molar-refractivity contribution >= 4 is 89.0 Å². The summed E-state index contributed by atoms with van der Waals surface area (Å²) >= 11 is 0. The summed E-state index contributed by atoms with van der Waals surface area (Å²) in [6.45, 7) is 17.4. The highest BCUT2D eigenvalue weighted by Gasteiger charge is 2.39. The number of furan rings is 3. The molecule has 100 heavy (non-hydrogen) atoms. The van der Waals surface area contributed by atoms with Crippen molar-refractivity contribution in [3.63, 3.8) is 0 Å². The minimum absolute atomic E-state index is 0.0427. The number of morpholine rings is 1. The number of carboxylic acid groups (broad SMARTS) is 1. The van der Waals surface area contributed by atoms with Crippen LogP contribution < -0.4 is 0 Å². The van der Waals surface area contributed by atoms with E-state index in [1.54, 1.807) is 78.7 Å². The molecule has 0 spiro atoms. The Kier molecular flexibility index (Phi) is 19.9. The molecule has 514 valence electrons. The van der Waals surface area contributed by atoms with Gasteiger partial charge >= 0.3 is 17.9 Å². The number of aromatic nitrogens is 3. The van der Waals surface area contributed by atoms with E-state index in [-0.39, 0.29) is 54.0 Å². The Bertz CT molecular complexity index is 5020. The third kappa shape index (κ3) is 12.7. The van der Waals surface area contributed by atoms with Gasteiger partial charge in [0.1, 0.15) is 68.0 Å². The fraction of sp³-hybridized carbons (Fsp3) is 0.304. The van der Waals surface area contributed by atoms with Gasteiger partial charge in [0.2, 0.25) is 5.91 Å². The number of ether oxygens (including phenoxy) is 3. The number of piperazine rings is 1. The van der Waals surface area contributed by atoms with Crippen molar-refractivity contribution in [3.8, 4) is 17.2 Å². The van der Waals surface area contributed by atoms with Crippen LogP contribution in [0.2, 0.25) is 0 Å². The first-order chi connectivity index (χ1) is 48.6. The van der Waals surface area contributed by atoms with Gasteiger partial charge in [-0.3, -0.25) is 34.4 Å². The summed E-state index contributed by atoms with van der Waals surface area (Å²) in [5.74, 6) is -0.366. The molecule has 4 N–H and O–H groups in total. The zero-order chi connectivity index (χ0) is 69.9. The van der Waals surface area contributed by atoms with Crippen LogP contribution in [0.1, 0.15) is 140 Å². The molecule has 15 rings (SSSR count). The van der Waals surface area contributed by atoms with Crippen LogP contribution in [0.25, 0.3) is 65.2 Å². The summed E-state index contributed by atoms with van der Waals surface area (Å²) in [6.07, 6.45) is 13.7. The number of carbonyl (C=O) groups excluding carboxylic acids is 3. The number of aryl methyl sites for hydroxylation is 3. The molecule has 3 unspecified atom stereocenters. The van der Waals surface area contributed by atoms with Crippen LogP contribution in [0, 0.1) is 20.8 Å². The predicted molar refractivity (Wildman–Crippen MR) is 379 cm³/mol. The first-order valence-corrected chi connectivity index (χ1v) is 33.9. The van der Waals surface area contributed by atoms with E-state index in [0.29, 0.717) is 152 Å². The summed E-state index contributed by atoms with van der Waals surface area (Å²) in [5.41, 5.74) is 7.09. The van der Waals surface area contributed by atoms with Gasteiger partial charge in [-0.05, 0) is 114 Å². The number of fused-ring (bicyclic) bond motifs is 9. The van der Waals surface area contributed by atoms with E-state index in [4.69, 9.17) is 27.5 Å². The molecular weight excluding hydrogens is 1270 g/mol. The molecule has 21 nitrogen and oxygen atoms in total. The number of pyridine rings is 3. The van der Waals surface area contributed by atoms with E-state index in [2.05, 4.69) is 29.7 Å². The number of likely N-dealkylation sites (tertiary alicyclic amines) is 1. The number of nitrogens with zero attached hydrogens (tertiary/aromatic N) is 7. The van der Waals surface area contributed by atoms with Gasteiger partial charge in [0.25, 0.3) is 0 Å². The number of rotatable bonds is 14. The largest absolute Gasteiger partial charge is 0.507 e. The molecule has 12 aromatic rings. The maximum atomic E-state index is 13.2. The Labute approximate surface area is 576 Å². The number of aromatic carboxylic acids is 1. The summed E-state index contributed by atoms with van der Waals surface area (Å²) in [7, 11) is 0. The Morgan fingerprint density at radius 1 is 0.440 bits per heavy atom.